The van der Waals surface area contributed by atoms with Gasteiger partial charge in [-0.25, -0.2) is 0 Å². The summed E-state index contributed by atoms with van der Waals surface area (Å²) in [6.07, 6.45) is 3.38. The highest BCUT2D eigenvalue weighted by Crippen LogP contribution is 2.25. The molecule has 3 nitrogen and oxygen atoms in total. The Balaban J connectivity index is 2.26. The first-order valence-electron chi connectivity index (χ1n) is 6.65. The van der Waals surface area contributed by atoms with Crippen molar-refractivity contribution >= 4 is 11.9 Å². The van der Waals surface area contributed by atoms with Crippen LogP contribution in [-0.2, 0) is 0 Å². The predicted octanol–water partition coefficient (Wildman–Crippen LogP) is 3.91. The maximum Gasteiger partial charge on any atom is 0.189 e. The van der Waals surface area contributed by atoms with Crippen LogP contribution in [0.2, 0.25) is 0 Å². The zero-order chi connectivity index (χ0) is 15.2. The quantitative estimate of drug-likeness (QED) is 0.616. The normalized spacial score (nSPS) is 10.6. The molecule has 2 rings (SSSR count). The van der Waals surface area contributed by atoms with Crippen LogP contribution in [0.4, 0.5) is 0 Å². The van der Waals surface area contributed by atoms with Crippen molar-refractivity contribution < 1.29 is 14.3 Å². The fourth-order valence-corrected chi connectivity index (χ4v) is 2.03. The highest BCUT2D eigenvalue weighted by Gasteiger charge is 2.10. The van der Waals surface area contributed by atoms with Crippen LogP contribution in [0.3, 0.4) is 0 Å². The Labute approximate surface area is 124 Å². The van der Waals surface area contributed by atoms with E-state index in [4.69, 9.17) is 9.47 Å². The van der Waals surface area contributed by atoms with Gasteiger partial charge < -0.3 is 9.47 Å². The molecule has 0 heterocycles. The third-order valence-corrected chi connectivity index (χ3v) is 3.28. The Morgan fingerprint density at radius 1 is 1.05 bits per heavy atom. The fourth-order valence-electron chi connectivity index (χ4n) is 2.03. The lowest BCUT2D eigenvalue weighted by Crippen LogP contribution is -1.99. The van der Waals surface area contributed by atoms with Gasteiger partial charge >= 0.3 is 0 Å². The summed E-state index contributed by atoms with van der Waals surface area (Å²) in [5, 5.41) is 0. The van der Waals surface area contributed by atoms with Crippen molar-refractivity contribution in [2.45, 2.75) is 6.92 Å². The Hall–Kier alpha value is -2.55. The van der Waals surface area contributed by atoms with Gasteiger partial charge in [0.05, 0.1) is 19.8 Å². The lowest BCUT2D eigenvalue weighted by Gasteiger charge is -2.08. The van der Waals surface area contributed by atoms with Crippen LogP contribution < -0.4 is 9.47 Å². The minimum absolute atomic E-state index is 0.0993. The second kappa shape index (κ2) is 6.75. The monoisotopic (exact) mass is 282 g/mol. The molecule has 0 amide bonds. The number of allylic oxidation sites excluding steroid dienone is 1. The first kappa shape index (κ1) is 14.9. The summed E-state index contributed by atoms with van der Waals surface area (Å²) in [4.78, 5) is 12.3. The maximum absolute atomic E-state index is 12.3. The Morgan fingerprint density at radius 3 is 2.48 bits per heavy atom. The molecule has 0 spiro atoms. The molecule has 0 bridgehead atoms. The molecule has 0 aromatic heterocycles. The van der Waals surface area contributed by atoms with Gasteiger partial charge in [0, 0.05) is 6.07 Å². The molecular formula is C18H18O3. The number of aryl methyl sites for hydroxylation is 1. The van der Waals surface area contributed by atoms with E-state index in [-0.39, 0.29) is 5.78 Å². The van der Waals surface area contributed by atoms with Crippen molar-refractivity contribution in [3.8, 4) is 11.5 Å². The van der Waals surface area contributed by atoms with E-state index in [1.54, 1.807) is 31.4 Å². The summed E-state index contributed by atoms with van der Waals surface area (Å²) in [6.45, 7) is 2.01. The van der Waals surface area contributed by atoms with Gasteiger partial charge in [0.15, 0.2) is 5.78 Å². The first-order valence-corrected chi connectivity index (χ1v) is 6.65. The molecule has 0 aliphatic carbocycles. The van der Waals surface area contributed by atoms with Crippen LogP contribution in [0.1, 0.15) is 21.5 Å². The van der Waals surface area contributed by atoms with Gasteiger partial charge in [0.1, 0.15) is 11.5 Å². The number of ether oxygens (including phenoxy) is 2. The SMILES string of the molecule is COc1ccc(C(=O)/C=C/c2ccccc2C)c(OC)c1. The van der Waals surface area contributed by atoms with Gasteiger partial charge in [-0.15, -0.1) is 0 Å². The highest BCUT2D eigenvalue weighted by atomic mass is 16.5. The minimum Gasteiger partial charge on any atom is -0.497 e. The molecule has 21 heavy (non-hydrogen) atoms. The first-order chi connectivity index (χ1) is 10.2. The average molecular weight is 282 g/mol. The molecule has 3 heteroatoms. The van der Waals surface area contributed by atoms with E-state index in [0.717, 1.165) is 11.1 Å². The van der Waals surface area contributed by atoms with E-state index in [1.807, 2.05) is 37.3 Å². The molecular weight excluding hydrogens is 264 g/mol. The number of ketones is 1. The van der Waals surface area contributed by atoms with Gasteiger partial charge in [-0.3, -0.25) is 4.79 Å². The summed E-state index contributed by atoms with van der Waals surface area (Å²) >= 11 is 0. The number of hydrogen-bond acceptors (Lipinski definition) is 3. The zero-order valence-electron chi connectivity index (χ0n) is 12.4. The van der Waals surface area contributed by atoms with E-state index >= 15 is 0 Å². The number of benzene rings is 2. The lowest BCUT2D eigenvalue weighted by atomic mass is 10.1. The zero-order valence-corrected chi connectivity index (χ0v) is 12.4. The molecule has 0 N–H and O–H groups in total. The number of carbonyl (C=O) groups excluding carboxylic acids is 1. The Kier molecular flexibility index (Phi) is 4.77. The van der Waals surface area contributed by atoms with Crippen molar-refractivity contribution in [3.05, 3.63) is 65.2 Å². The fraction of sp³-hybridized carbons (Fsp3) is 0.167. The van der Waals surface area contributed by atoms with E-state index in [9.17, 15) is 4.79 Å². The number of methoxy groups -OCH3 is 2. The Morgan fingerprint density at radius 2 is 1.81 bits per heavy atom. The molecule has 108 valence electrons. The minimum atomic E-state index is -0.0993. The molecule has 0 fully saturated rings. The van der Waals surface area contributed by atoms with E-state index in [2.05, 4.69) is 0 Å². The van der Waals surface area contributed by atoms with Crippen molar-refractivity contribution in [2.24, 2.45) is 0 Å². The Bertz CT molecular complexity index is 672. The smallest absolute Gasteiger partial charge is 0.189 e. The van der Waals surface area contributed by atoms with Crippen LogP contribution in [0, 0.1) is 6.92 Å². The van der Waals surface area contributed by atoms with Gasteiger partial charge in [0.2, 0.25) is 0 Å². The third-order valence-electron chi connectivity index (χ3n) is 3.28. The van der Waals surface area contributed by atoms with Crippen LogP contribution >= 0.6 is 0 Å². The lowest BCUT2D eigenvalue weighted by molar-refractivity contribution is 0.104. The van der Waals surface area contributed by atoms with Crippen molar-refractivity contribution in [3.63, 3.8) is 0 Å². The molecule has 2 aromatic carbocycles. The molecule has 0 radical (unpaired) electrons. The van der Waals surface area contributed by atoms with Gasteiger partial charge in [-0.05, 0) is 36.3 Å². The standard InChI is InChI=1S/C18H18O3/c1-13-6-4-5-7-14(13)8-11-17(19)16-10-9-15(20-2)12-18(16)21-3/h4-12H,1-3H3/b11-8+. The predicted molar refractivity (Wildman–Crippen MR) is 84.1 cm³/mol. The topological polar surface area (TPSA) is 35.5 Å². The summed E-state index contributed by atoms with van der Waals surface area (Å²) in [5.41, 5.74) is 2.67. The average Bonchev–Trinajstić information content (AvgIpc) is 2.53. The summed E-state index contributed by atoms with van der Waals surface area (Å²) in [6, 6.07) is 13.1. The number of carbonyl (C=O) groups is 1. The third kappa shape index (κ3) is 3.51. The van der Waals surface area contributed by atoms with Crippen LogP contribution in [0.25, 0.3) is 6.08 Å². The maximum atomic E-state index is 12.3. The van der Waals surface area contributed by atoms with Crippen LogP contribution in [0.15, 0.2) is 48.5 Å². The van der Waals surface area contributed by atoms with E-state index < -0.39 is 0 Å². The van der Waals surface area contributed by atoms with Crippen LogP contribution in [0.5, 0.6) is 11.5 Å². The van der Waals surface area contributed by atoms with Gasteiger partial charge in [0.25, 0.3) is 0 Å². The summed E-state index contributed by atoms with van der Waals surface area (Å²) < 4.78 is 10.4. The van der Waals surface area contributed by atoms with Crippen molar-refractivity contribution in [1.82, 2.24) is 0 Å². The van der Waals surface area contributed by atoms with E-state index in [1.165, 1.54) is 7.11 Å². The van der Waals surface area contributed by atoms with E-state index in [0.29, 0.717) is 17.1 Å². The van der Waals surface area contributed by atoms with Gasteiger partial charge in [-0.2, -0.15) is 0 Å². The molecule has 0 aliphatic rings. The molecule has 0 unspecified atom stereocenters. The number of rotatable bonds is 5. The molecule has 0 aliphatic heterocycles. The van der Waals surface area contributed by atoms with Crippen molar-refractivity contribution in [2.75, 3.05) is 14.2 Å². The summed E-state index contributed by atoms with van der Waals surface area (Å²) in [5.74, 6) is 1.07. The van der Waals surface area contributed by atoms with Gasteiger partial charge in [-0.1, -0.05) is 30.3 Å². The number of hydrogen-bond donors (Lipinski definition) is 0. The molecule has 2 aromatic rings. The highest BCUT2D eigenvalue weighted by molar-refractivity contribution is 6.08. The van der Waals surface area contributed by atoms with Crippen LogP contribution in [-0.4, -0.2) is 20.0 Å². The molecule has 0 saturated carbocycles. The summed E-state index contributed by atoms with van der Waals surface area (Å²) in [7, 11) is 3.12. The largest absolute Gasteiger partial charge is 0.497 e. The van der Waals surface area contributed by atoms with Crippen molar-refractivity contribution in [1.29, 1.82) is 0 Å². The second-order valence-corrected chi connectivity index (χ2v) is 4.62. The second-order valence-electron chi connectivity index (χ2n) is 4.62. The molecule has 0 saturated heterocycles. The molecule has 0 atom stereocenters.